The van der Waals surface area contributed by atoms with Gasteiger partial charge in [0.25, 0.3) is 21.6 Å². The standard InChI is InChI=1S/C57H71N9O9S/c1-37-5-3-4-6-44(37)48-30-41(63-24-27-73-28-25-63)14-21-64(48)42-33-57(34-42)18-22-62(23-19-57)40-7-9-45(49(31-40)65-47-15-26-74-36-52(47)75-55-51(65)29-39-13-20-58-53(39)60-55)54(67)61-76(71,72)43-8-10-46(50(32-43)66(69)70)59-35-38-11-16-56(2,68)17-12-38/h3-10,13,20,29,31-32,38,41-42,47-48,52,59,68H,11-12,14-19,21-28,30,33-36H2,1-2H3,(H,58,60)(H,61,67)/t38-,41-,47+,48-,52+,56-/m1/s1. The number of piperidine rings is 2. The number of amides is 1. The monoisotopic (exact) mass is 1060 g/mol. The third-order valence-corrected chi connectivity index (χ3v) is 19.6. The van der Waals surface area contributed by atoms with Gasteiger partial charge in [0, 0.05) is 87.3 Å². The van der Waals surface area contributed by atoms with E-state index in [9.17, 15) is 28.4 Å². The Morgan fingerprint density at radius 2 is 1.68 bits per heavy atom. The molecule has 7 aliphatic rings. The summed E-state index contributed by atoms with van der Waals surface area (Å²) in [6, 6.07) is 23.4. The SMILES string of the molecule is Cc1ccccc1[C@H]1C[C@H](N2CCOCC2)CCN1C1CC2(CCN(c3ccc(C(=O)NS(=O)(=O)c4ccc(NC[C@H]5CC[C@](C)(O)CC5)c([N+](=O)[O-])c4)c(N4c5cc6cc[nH]c6nc5O[C@H]5COCC[C@@H]54)c3)CC2)C1. The lowest BCUT2D eigenvalue weighted by atomic mass is 9.59. The predicted octanol–water partition coefficient (Wildman–Crippen LogP) is 8.23. The number of rotatable bonds is 12. The second-order valence-corrected chi connectivity index (χ2v) is 24.7. The number of H-pyrrole nitrogens is 1. The molecule has 3 aromatic carbocycles. The van der Waals surface area contributed by atoms with Gasteiger partial charge in [0.2, 0.25) is 5.88 Å². The van der Waals surface area contributed by atoms with Crippen molar-refractivity contribution in [1.82, 2.24) is 24.5 Å². The number of fused-ring (bicyclic) bond motifs is 3. The molecule has 0 bridgehead atoms. The van der Waals surface area contributed by atoms with Crippen molar-refractivity contribution in [2.75, 3.05) is 80.8 Å². The number of nitrogens with one attached hydrogen (secondary N) is 3. The van der Waals surface area contributed by atoms with Gasteiger partial charge in [-0.3, -0.25) is 24.7 Å². The fourth-order valence-electron chi connectivity index (χ4n) is 13.8. The minimum absolute atomic E-state index is 0.120. The number of ether oxygens (including phenoxy) is 3. The smallest absolute Gasteiger partial charge is 0.293 e. The Bertz CT molecular complexity index is 3080. The van der Waals surface area contributed by atoms with Crippen LogP contribution in [0.15, 0.2) is 83.9 Å². The highest BCUT2D eigenvalue weighted by atomic mass is 32.2. The molecule has 404 valence electrons. The first-order valence-electron chi connectivity index (χ1n) is 27.6. The van der Waals surface area contributed by atoms with E-state index < -0.39 is 43.1 Å². The molecule has 18 nitrogen and oxygen atoms in total. The van der Waals surface area contributed by atoms with Gasteiger partial charge in [-0.15, -0.1) is 0 Å². The van der Waals surface area contributed by atoms with E-state index in [1.165, 1.54) is 42.5 Å². The van der Waals surface area contributed by atoms with Crippen LogP contribution in [-0.4, -0.2) is 140 Å². The number of pyridine rings is 1. The molecule has 1 amide bonds. The number of morpholine rings is 1. The molecule has 7 heterocycles. The third kappa shape index (κ3) is 10.0. The lowest BCUT2D eigenvalue weighted by Gasteiger charge is -2.58. The topological polar surface area (TPSA) is 208 Å². The van der Waals surface area contributed by atoms with Gasteiger partial charge in [-0.2, -0.15) is 4.98 Å². The molecule has 4 atom stereocenters. The predicted molar refractivity (Wildman–Crippen MR) is 290 cm³/mol. The molecule has 5 aliphatic heterocycles. The number of carbonyl (C=O) groups excluding carboxylic acids is 1. The van der Waals surface area contributed by atoms with Gasteiger partial charge < -0.3 is 39.4 Å². The molecule has 2 aliphatic carbocycles. The van der Waals surface area contributed by atoms with Crippen molar-refractivity contribution in [2.45, 2.75) is 125 Å². The number of nitrogens with zero attached hydrogens (tertiary/aromatic N) is 6. The molecule has 2 aromatic heterocycles. The number of nitro benzene ring substituents is 1. The van der Waals surface area contributed by atoms with Crippen molar-refractivity contribution in [2.24, 2.45) is 11.3 Å². The number of aryl methyl sites for hydroxylation is 1. The Balaban J connectivity index is 0.804. The summed E-state index contributed by atoms with van der Waals surface area (Å²) in [5, 5.41) is 26.8. The van der Waals surface area contributed by atoms with Gasteiger partial charge >= 0.3 is 0 Å². The van der Waals surface area contributed by atoms with Crippen LogP contribution in [-0.2, 0) is 19.5 Å². The maximum atomic E-state index is 14.8. The highest BCUT2D eigenvalue weighted by molar-refractivity contribution is 7.90. The quantitative estimate of drug-likeness (QED) is 0.0686. The molecule has 5 aromatic rings. The van der Waals surface area contributed by atoms with Crippen molar-refractivity contribution >= 4 is 55.4 Å². The van der Waals surface area contributed by atoms with Gasteiger partial charge in [0.05, 0.1) is 52.5 Å². The largest absolute Gasteiger partial charge is 0.468 e. The van der Waals surface area contributed by atoms with Crippen LogP contribution in [0.2, 0.25) is 0 Å². The second kappa shape index (κ2) is 20.5. The molecule has 0 unspecified atom stereocenters. The molecule has 4 saturated heterocycles. The van der Waals surface area contributed by atoms with Crippen LogP contribution in [0.25, 0.3) is 11.0 Å². The van der Waals surface area contributed by atoms with Crippen LogP contribution in [0.5, 0.6) is 5.88 Å². The first-order valence-corrected chi connectivity index (χ1v) is 29.0. The van der Waals surface area contributed by atoms with Crippen LogP contribution in [0.1, 0.15) is 105 Å². The average molecular weight is 1060 g/mol. The van der Waals surface area contributed by atoms with Crippen molar-refractivity contribution in [3.05, 3.63) is 106 Å². The van der Waals surface area contributed by atoms with Gasteiger partial charge in [-0.1, -0.05) is 24.3 Å². The van der Waals surface area contributed by atoms with Crippen LogP contribution < -0.4 is 24.6 Å². The number of carbonyl (C=O) groups is 1. The second-order valence-electron chi connectivity index (χ2n) is 23.1. The molecular formula is C57H71N9O9S. The number of nitro groups is 1. The Hall–Kier alpha value is -5.83. The summed E-state index contributed by atoms with van der Waals surface area (Å²) in [5.41, 5.74) is 4.97. The molecule has 19 heteroatoms. The van der Waals surface area contributed by atoms with Crippen molar-refractivity contribution in [3.63, 3.8) is 0 Å². The Morgan fingerprint density at radius 3 is 2.46 bits per heavy atom. The summed E-state index contributed by atoms with van der Waals surface area (Å²) in [5.74, 6) is -0.303. The Labute approximate surface area is 444 Å². The summed E-state index contributed by atoms with van der Waals surface area (Å²) in [6.07, 6.45) is 11.5. The van der Waals surface area contributed by atoms with E-state index in [1.807, 2.05) is 37.4 Å². The fourth-order valence-corrected chi connectivity index (χ4v) is 14.8. The first-order chi connectivity index (χ1) is 36.7. The summed E-state index contributed by atoms with van der Waals surface area (Å²) in [7, 11) is -4.62. The van der Waals surface area contributed by atoms with Gasteiger partial charge in [0.15, 0.2) is 0 Å². The summed E-state index contributed by atoms with van der Waals surface area (Å²) >= 11 is 0. The first kappa shape index (κ1) is 51.0. The summed E-state index contributed by atoms with van der Waals surface area (Å²) < 4.78 is 49.0. The van der Waals surface area contributed by atoms with Crippen molar-refractivity contribution in [1.29, 1.82) is 0 Å². The zero-order valence-corrected chi connectivity index (χ0v) is 44.4. The zero-order valence-electron chi connectivity index (χ0n) is 43.6. The van der Waals surface area contributed by atoms with E-state index in [1.54, 1.807) is 6.07 Å². The number of sulfonamides is 1. The molecule has 2 saturated carbocycles. The van der Waals surface area contributed by atoms with E-state index in [2.05, 4.69) is 65.8 Å². The molecule has 76 heavy (non-hydrogen) atoms. The third-order valence-electron chi connectivity index (χ3n) is 18.3. The van der Waals surface area contributed by atoms with Gasteiger partial charge in [-0.25, -0.2) is 13.1 Å². The molecular weight excluding hydrogens is 987 g/mol. The van der Waals surface area contributed by atoms with Crippen LogP contribution in [0.4, 0.5) is 28.4 Å². The lowest BCUT2D eigenvalue weighted by molar-refractivity contribution is -0.384. The Morgan fingerprint density at radius 1 is 0.895 bits per heavy atom. The number of benzene rings is 3. The van der Waals surface area contributed by atoms with E-state index in [-0.39, 0.29) is 28.6 Å². The molecule has 6 fully saturated rings. The maximum Gasteiger partial charge on any atom is 0.293 e. The van der Waals surface area contributed by atoms with E-state index in [0.29, 0.717) is 80.0 Å². The van der Waals surface area contributed by atoms with Crippen molar-refractivity contribution < 1.29 is 37.5 Å². The zero-order chi connectivity index (χ0) is 52.3. The molecule has 1 spiro atoms. The number of hydrogen-bond acceptors (Lipinski definition) is 15. The molecule has 4 N–H and O–H groups in total. The number of aromatic nitrogens is 2. The molecule has 0 radical (unpaired) electrons. The van der Waals surface area contributed by atoms with Crippen molar-refractivity contribution in [3.8, 4) is 5.88 Å². The number of likely N-dealkylation sites (tertiary alicyclic amines) is 1. The van der Waals surface area contributed by atoms with Crippen LogP contribution in [0.3, 0.4) is 0 Å². The van der Waals surface area contributed by atoms with E-state index in [0.717, 1.165) is 95.2 Å². The average Bonchev–Trinajstić information content (AvgIpc) is 3.88. The van der Waals surface area contributed by atoms with Gasteiger partial charge in [0.1, 0.15) is 23.1 Å². The number of aliphatic hydroxyl groups is 1. The summed E-state index contributed by atoms with van der Waals surface area (Å²) in [4.78, 5) is 44.2. The maximum absolute atomic E-state index is 14.8. The Kier molecular flexibility index (Phi) is 13.8. The molecule has 12 rings (SSSR count). The number of hydrogen-bond donors (Lipinski definition) is 4. The number of anilines is 4. The van der Waals surface area contributed by atoms with E-state index >= 15 is 0 Å². The highest BCUT2D eigenvalue weighted by Crippen LogP contribution is 2.54. The minimum atomic E-state index is -4.62. The minimum Gasteiger partial charge on any atom is -0.468 e. The lowest BCUT2D eigenvalue weighted by Crippen LogP contribution is -2.59. The van der Waals surface area contributed by atoms with Gasteiger partial charge in [-0.05, 0) is 149 Å². The van der Waals surface area contributed by atoms with Crippen LogP contribution >= 0.6 is 0 Å². The number of aromatic amines is 1. The fraction of sp³-hybridized carbons (Fsp3) is 0.544. The van der Waals surface area contributed by atoms with Crippen LogP contribution in [0, 0.1) is 28.4 Å². The normalized spacial score (nSPS) is 27.3. The highest BCUT2D eigenvalue weighted by Gasteiger charge is 2.51. The van der Waals surface area contributed by atoms with E-state index in [4.69, 9.17) is 19.2 Å². The summed E-state index contributed by atoms with van der Waals surface area (Å²) in [6.45, 7) is 11.7.